The molecule has 35 heteroatoms. The number of carbonyl (C=O) groups is 10. The molecule has 6 aromatic heterocycles. The van der Waals surface area contributed by atoms with Crippen molar-refractivity contribution in [1.29, 1.82) is 0 Å². The van der Waals surface area contributed by atoms with Crippen LogP contribution in [0.25, 0.3) is 44.1 Å². The van der Waals surface area contributed by atoms with E-state index in [1.807, 2.05) is 44.2 Å². The minimum atomic E-state index is -1.01. The second-order valence-corrected chi connectivity index (χ2v) is 29.6. The third-order valence-electron chi connectivity index (χ3n) is 19.5. The molecule has 4 aliphatic rings. The molecule has 2 aliphatic heterocycles. The molecular formula is C74H86Br2N18O15. The summed E-state index contributed by atoms with van der Waals surface area (Å²) in [5, 5.41) is 39.0. The summed E-state index contributed by atoms with van der Waals surface area (Å²) in [6.45, 7) is 14.3. The average Bonchev–Trinajstić information content (AvgIpc) is 1.54. The Labute approximate surface area is 643 Å². The predicted octanol–water partition coefficient (Wildman–Crippen LogP) is 7.44. The third kappa shape index (κ3) is 19.1. The van der Waals surface area contributed by atoms with Crippen molar-refractivity contribution >= 4 is 125 Å². The van der Waals surface area contributed by atoms with Crippen LogP contribution in [0.5, 0.6) is 0 Å². The minimum absolute atomic E-state index is 0.0965. The largest absolute Gasteiger partial charge is 0.480 e. The van der Waals surface area contributed by atoms with Crippen molar-refractivity contribution in [3.8, 4) is 22.3 Å². The number of fused-ring (bicyclic) bond motifs is 4. The maximum Gasteiger partial charge on any atom is 0.407 e. The monoisotopic (exact) mass is 1620 g/mol. The molecule has 7 amide bonds. The van der Waals surface area contributed by atoms with Crippen molar-refractivity contribution in [2.75, 3.05) is 52.2 Å². The van der Waals surface area contributed by atoms with E-state index in [1.54, 1.807) is 94.8 Å². The topological polar surface area (TPSA) is 428 Å². The van der Waals surface area contributed by atoms with Gasteiger partial charge < -0.3 is 66.2 Å². The molecule has 0 spiro atoms. The Morgan fingerprint density at radius 1 is 0.578 bits per heavy atom. The number of ether oxygens (including phenoxy) is 4. The van der Waals surface area contributed by atoms with Crippen LogP contribution in [0.4, 0.5) is 21.2 Å². The molecule has 2 saturated carbocycles. The van der Waals surface area contributed by atoms with Crippen LogP contribution in [0, 0.1) is 36.5 Å². The molecule has 8 aromatic rings. The lowest BCUT2D eigenvalue weighted by atomic mass is 9.98. The van der Waals surface area contributed by atoms with Crippen LogP contribution in [0.1, 0.15) is 111 Å². The Morgan fingerprint density at radius 2 is 1.03 bits per heavy atom. The van der Waals surface area contributed by atoms with Gasteiger partial charge in [0.25, 0.3) is 0 Å². The van der Waals surface area contributed by atoms with Gasteiger partial charge in [-0.3, -0.25) is 47.7 Å². The van der Waals surface area contributed by atoms with Gasteiger partial charge in [-0.1, -0.05) is 52.0 Å². The number of nitrogens with one attached hydrogen (secondary N) is 7. The second kappa shape index (κ2) is 34.7. The number of methoxy groups -OCH3 is 4. The van der Waals surface area contributed by atoms with Gasteiger partial charge in [-0.05, 0) is 131 Å². The fraction of sp³-hybridized carbons (Fsp3) is 0.432. The van der Waals surface area contributed by atoms with Crippen molar-refractivity contribution < 1.29 is 72.0 Å². The summed E-state index contributed by atoms with van der Waals surface area (Å²) in [5.74, 6) is -1.43. The van der Waals surface area contributed by atoms with Crippen LogP contribution in [0.3, 0.4) is 0 Å². The molecule has 8 N–H and O–H groups in total. The number of halogens is 2. The molecule has 576 valence electrons. The zero-order valence-corrected chi connectivity index (χ0v) is 65.3. The summed E-state index contributed by atoms with van der Waals surface area (Å²) in [6.07, 6.45) is 7.75. The number of aliphatic carboxylic acids is 1. The fourth-order valence-electron chi connectivity index (χ4n) is 13.6. The number of ketones is 2. The van der Waals surface area contributed by atoms with Crippen LogP contribution in [0.15, 0.2) is 94.7 Å². The number of Topliss-reactive ketones (excluding diaryl/α,β-unsaturated/α-hetero) is 2. The number of carboxylic acid groups (broad SMARTS) is 1. The number of nitrogens with zero attached hydrogens (tertiary/aromatic N) is 11. The maximum atomic E-state index is 14.4. The normalized spacial score (nSPS) is 19.0. The zero-order chi connectivity index (χ0) is 78.9. The number of likely N-dealkylation sites (tertiary alicyclic amines) is 1. The quantitative estimate of drug-likeness (QED) is 0.0193. The molecule has 8 atom stereocenters. The number of rotatable bonds is 26. The molecule has 0 unspecified atom stereocenters. The Bertz CT molecular complexity index is 4810. The number of amides is 7. The molecule has 0 bridgehead atoms. The average molecular weight is 1630 g/mol. The van der Waals surface area contributed by atoms with Crippen molar-refractivity contribution in [2.24, 2.45) is 22.7 Å². The number of hydrogen-bond donors (Lipinski definition) is 8. The Balaban J connectivity index is 0.000000194. The molecule has 33 nitrogen and oxygen atoms in total. The van der Waals surface area contributed by atoms with E-state index in [0.717, 1.165) is 34.2 Å². The summed E-state index contributed by atoms with van der Waals surface area (Å²) in [7, 11) is 5.61. The molecule has 109 heavy (non-hydrogen) atoms. The maximum absolute atomic E-state index is 14.4. The molecule has 0 radical (unpaired) electrons. The van der Waals surface area contributed by atoms with Gasteiger partial charge >= 0.3 is 18.2 Å². The molecule has 8 heterocycles. The highest BCUT2D eigenvalue weighted by molar-refractivity contribution is 9.10. The number of carboxylic acids is 1. The lowest BCUT2D eigenvalue weighted by Gasteiger charge is -2.27. The summed E-state index contributed by atoms with van der Waals surface area (Å²) >= 11 is 6.69. The van der Waals surface area contributed by atoms with Crippen molar-refractivity contribution in [3.63, 3.8) is 0 Å². The Hall–Kier alpha value is -10.6. The molecule has 12 rings (SSSR count). The van der Waals surface area contributed by atoms with Gasteiger partial charge in [0.2, 0.25) is 29.5 Å². The molecule has 2 aliphatic carbocycles. The lowest BCUT2D eigenvalue weighted by molar-refractivity contribution is -0.138. The number of alkyl carbamates (subject to hydrolysis) is 2. The number of anilines is 2. The van der Waals surface area contributed by atoms with E-state index in [-0.39, 0.29) is 109 Å². The van der Waals surface area contributed by atoms with Crippen molar-refractivity contribution in [3.05, 3.63) is 129 Å². The summed E-state index contributed by atoms with van der Waals surface area (Å²) in [4.78, 5) is 154. The fourth-order valence-corrected chi connectivity index (χ4v) is 14.2. The highest BCUT2D eigenvalue weighted by Crippen LogP contribution is 2.59. The van der Waals surface area contributed by atoms with Crippen molar-refractivity contribution in [1.82, 2.24) is 80.9 Å². The first-order chi connectivity index (χ1) is 51.9. The van der Waals surface area contributed by atoms with Crippen molar-refractivity contribution in [2.45, 2.75) is 144 Å². The van der Waals surface area contributed by atoms with E-state index in [0.29, 0.717) is 85.9 Å². The van der Waals surface area contributed by atoms with Crippen LogP contribution in [-0.4, -0.2) is 197 Å². The summed E-state index contributed by atoms with van der Waals surface area (Å²) in [5.41, 5.74) is 5.52. The predicted molar refractivity (Wildman–Crippen MR) is 404 cm³/mol. The number of piperidine rings is 2. The zero-order valence-electron chi connectivity index (χ0n) is 62.1. The van der Waals surface area contributed by atoms with Crippen LogP contribution in [-0.2, 0) is 74.0 Å². The number of pyridine rings is 2. The molecule has 2 saturated heterocycles. The smallest absolute Gasteiger partial charge is 0.407 e. The van der Waals surface area contributed by atoms with Gasteiger partial charge in [0.1, 0.15) is 75.1 Å². The molecule has 2 aromatic carbocycles. The van der Waals surface area contributed by atoms with E-state index in [1.165, 1.54) is 44.5 Å². The first-order valence-electron chi connectivity index (χ1n) is 34.9. The summed E-state index contributed by atoms with van der Waals surface area (Å²) in [6, 6.07) is 15.0. The standard InChI is InChI=1S/C37H42BrN9O7.C21H30BrN5O5.C16H14N4O3/c1-19(2)31(43-36(52)54-6)35(51)41-18-37-12-27(34(50)44-33-23(17-53-5)8-10-29(38)42-33)47(28(37)13-37)30(49)16-46-26-9-7-22(24-14-39-21(4)40-15-24)11-25(26)32(45-46)20(3)48;1-11(2)16(26-20(30)32-4)19(29)23-10-21-7-13(24-14(21)8-21)18(28)27-17-12(9-31-3)5-6-15(22)25-17;1-9(21)16-13-5-11(12-6-17-10(2)18-7-12)3-4-14(13)20(19-16)8-15(22)23/h7-11,14-15,19,27-28,31H,12-13,16-18H2,1-6H3,(H,41,51)(H,43,52)(H,42,44,50);5-6,11,13-14,16,24H,7-10H2,1-4H3,(H,23,29)(H,26,30)(H,25,27,28);3-7H,8H2,1-2H3,(H,22,23)/t27-,28+,31-,37-;13-,14+,16-,21-;/m00./s1. The van der Waals surface area contributed by atoms with Gasteiger partial charge in [0.05, 0.1) is 44.5 Å². The minimum Gasteiger partial charge on any atom is -0.480 e. The molecular weight excluding hydrogens is 1540 g/mol. The van der Waals surface area contributed by atoms with Gasteiger partial charge in [-0.2, -0.15) is 10.2 Å². The Morgan fingerprint density at radius 3 is 1.46 bits per heavy atom. The number of benzene rings is 2. The SMILES string of the molecule is CC(=O)c1nn(CC(=O)O)c2ccc(-c3cnc(C)nc3)cc12.COCc1ccc(Br)nc1NC(=O)[C@@H]1C[C@@]2(CNC(=O)[C@@H](NC(=O)OC)C(C)C)C[C@H]2N1.COCc1ccc(Br)nc1NC(=O)[C@@H]1C[C@@]2(CNC(=O)[C@@H](NC(=O)OC)C(C)C)C[C@H]2N1C(=O)Cn1nc(C(C)=O)c2cc(-c3cnc(C)nc3)ccc21. The van der Waals surface area contributed by atoms with E-state index in [9.17, 15) is 47.9 Å². The number of aromatic nitrogens is 10. The van der Waals surface area contributed by atoms with E-state index < -0.39 is 53.5 Å². The van der Waals surface area contributed by atoms with E-state index >= 15 is 0 Å². The van der Waals surface area contributed by atoms with Crippen LogP contribution in [0.2, 0.25) is 0 Å². The van der Waals surface area contributed by atoms with Crippen LogP contribution < -0.4 is 37.2 Å². The van der Waals surface area contributed by atoms with Crippen LogP contribution >= 0.6 is 31.9 Å². The van der Waals surface area contributed by atoms with Gasteiger partial charge in [0, 0.05) is 122 Å². The number of carbonyl (C=O) groups excluding carboxylic acids is 9. The highest BCUT2D eigenvalue weighted by Gasteiger charge is 2.67. The van der Waals surface area contributed by atoms with E-state index in [2.05, 4.69) is 114 Å². The first-order valence-corrected chi connectivity index (χ1v) is 36.5. The van der Waals surface area contributed by atoms with Gasteiger partial charge in [0.15, 0.2) is 11.6 Å². The number of hydrogen-bond acceptors (Lipinski definition) is 23. The third-order valence-corrected chi connectivity index (χ3v) is 20.4. The Kier molecular flexibility index (Phi) is 25.8. The summed E-state index contributed by atoms with van der Waals surface area (Å²) < 4.78 is 23.7. The number of aryl methyl sites for hydroxylation is 2. The lowest BCUT2D eigenvalue weighted by Crippen LogP contribution is -2.50. The second-order valence-electron chi connectivity index (χ2n) is 27.9. The van der Waals surface area contributed by atoms with Gasteiger partial charge in [-0.25, -0.2) is 39.5 Å². The highest BCUT2D eigenvalue weighted by atomic mass is 79.9. The molecule has 4 fully saturated rings. The first kappa shape index (κ1) is 80.9. The van der Waals surface area contributed by atoms with Gasteiger partial charge in [-0.15, -0.1) is 0 Å². The van der Waals surface area contributed by atoms with E-state index in [4.69, 9.17) is 19.3 Å².